The van der Waals surface area contributed by atoms with Crippen molar-refractivity contribution >= 4 is 11.7 Å². The van der Waals surface area contributed by atoms with Crippen LogP contribution in [0.3, 0.4) is 0 Å². The van der Waals surface area contributed by atoms with Gasteiger partial charge >= 0.3 is 0 Å². The van der Waals surface area contributed by atoms with Gasteiger partial charge in [0.1, 0.15) is 12.4 Å². The van der Waals surface area contributed by atoms with E-state index in [1.807, 2.05) is 0 Å². The van der Waals surface area contributed by atoms with Crippen LogP contribution in [0.25, 0.3) is 0 Å². The van der Waals surface area contributed by atoms with Gasteiger partial charge < -0.3 is 10.1 Å². The number of hydrogen-bond acceptors (Lipinski definition) is 3. The number of ether oxygens (including phenoxy) is 1. The number of fused-ring (bicyclic) bond motifs is 1. The van der Waals surface area contributed by atoms with Crippen LogP contribution in [-0.4, -0.2) is 24.8 Å². The second kappa shape index (κ2) is 4.44. The van der Waals surface area contributed by atoms with Crippen molar-refractivity contribution in [1.29, 1.82) is 0 Å². The van der Waals surface area contributed by atoms with Crippen LogP contribution in [-0.2, 0) is 0 Å². The molecule has 18 heavy (non-hydrogen) atoms. The topological polar surface area (TPSA) is 55.4 Å². The Morgan fingerprint density at radius 3 is 3.00 bits per heavy atom. The number of nitrogens with one attached hydrogen (secondary N) is 1. The van der Waals surface area contributed by atoms with Crippen molar-refractivity contribution in [2.75, 3.05) is 13.2 Å². The summed E-state index contributed by atoms with van der Waals surface area (Å²) in [5.41, 5.74) is 1.08. The predicted molar refractivity (Wildman–Crippen MR) is 65.9 cm³/mol. The lowest BCUT2D eigenvalue weighted by atomic mass is 10.0. The summed E-state index contributed by atoms with van der Waals surface area (Å²) < 4.78 is 5.45. The first-order chi connectivity index (χ1) is 8.74. The number of carbonyl (C=O) groups excluding carboxylic acids is 2. The van der Waals surface area contributed by atoms with Crippen LogP contribution >= 0.6 is 0 Å². The van der Waals surface area contributed by atoms with E-state index in [2.05, 4.69) is 5.32 Å². The van der Waals surface area contributed by atoms with Crippen molar-refractivity contribution in [2.45, 2.75) is 19.3 Å². The molecule has 0 atom stereocenters. The van der Waals surface area contributed by atoms with E-state index in [-0.39, 0.29) is 11.7 Å². The van der Waals surface area contributed by atoms with Gasteiger partial charge in [-0.1, -0.05) is 0 Å². The summed E-state index contributed by atoms with van der Waals surface area (Å²) in [6, 6.07) is 5.13. The van der Waals surface area contributed by atoms with Crippen molar-refractivity contribution in [1.82, 2.24) is 5.32 Å². The van der Waals surface area contributed by atoms with Crippen LogP contribution < -0.4 is 10.1 Å². The van der Waals surface area contributed by atoms with Gasteiger partial charge in [0.05, 0.1) is 12.1 Å². The minimum atomic E-state index is -0.163. The molecule has 1 amide bonds. The number of Topliss-reactive ketones (excluding diaryl/α,β-unsaturated/α-hetero) is 1. The third kappa shape index (κ3) is 2.23. The van der Waals surface area contributed by atoms with Gasteiger partial charge in [0, 0.05) is 12.0 Å². The number of hydrogen-bond donors (Lipinski definition) is 1. The van der Waals surface area contributed by atoms with Gasteiger partial charge in [0.15, 0.2) is 5.78 Å². The SMILES string of the molecule is O=C(CC1CC1)c1ccc2c(c1)C(=O)NCCO2. The zero-order chi connectivity index (χ0) is 12.5. The highest BCUT2D eigenvalue weighted by atomic mass is 16.5. The maximum atomic E-state index is 12.0. The summed E-state index contributed by atoms with van der Waals surface area (Å²) in [7, 11) is 0. The van der Waals surface area contributed by atoms with Crippen molar-refractivity contribution in [2.24, 2.45) is 5.92 Å². The molecule has 3 rings (SSSR count). The van der Waals surface area contributed by atoms with Crippen LogP contribution in [0.4, 0.5) is 0 Å². The van der Waals surface area contributed by atoms with Gasteiger partial charge in [-0.15, -0.1) is 0 Å². The maximum Gasteiger partial charge on any atom is 0.255 e. The Bertz CT molecular complexity index is 506. The number of carbonyl (C=O) groups is 2. The van der Waals surface area contributed by atoms with Crippen LogP contribution in [0, 0.1) is 5.92 Å². The predicted octanol–water partition coefficient (Wildman–Crippen LogP) is 1.79. The Hall–Kier alpha value is -1.84. The lowest BCUT2D eigenvalue weighted by Gasteiger charge is -2.07. The Balaban J connectivity index is 1.88. The molecule has 1 saturated carbocycles. The van der Waals surface area contributed by atoms with Crippen LogP contribution in [0.2, 0.25) is 0 Å². The van der Waals surface area contributed by atoms with Crippen molar-refractivity contribution in [3.05, 3.63) is 29.3 Å². The lowest BCUT2D eigenvalue weighted by molar-refractivity contribution is 0.0957. The van der Waals surface area contributed by atoms with Crippen molar-refractivity contribution < 1.29 is 14.3 Å². The van der Waals surface area contributed by atoms with Crippen LogP contribution in [0.5, 0.6) is 5.75 Å². The van der Waals surface area contributed by atoms with E-state index >= 15 is 0 Å². The smallest absolute Gasteiger partial charge is 0.255 e. The molecule has 0 aromatic heterocycles. The first-order valence-electron chi connectivity index (χ1n) is 6.32. The van der Waals surface area contributed by atoms with Gasteiger partial charge in [-0.25, -0.2) is 0 Å². The molecule has 0 saturated heterocycles. The molecule has 1 heterocycles. The van der Waals surface area contributed by atoms with E-state index in [4.69, 9.17) is 4.74 Å². The molecule has 2 aliphatic rings. The highest BCUT2D eigenvalue weighted by molar-refractivity contribution is 6.02. The van der Waals surface area contributed by atoms with E-state index in [1.165, 1.54) is 0 Å². The monoisotopic (exact) mass is 245 g/mol. The summed E-state index contributed by atoms with van der Waals surface area (Å²) in [6.45, 7) is 0.965. The fraction of sp³-hybridized carbons (Fsp3) is 0.429. The average Bonchev–Trinajstić information content (AvgIpc) is 3.18. The molecule has 0 bridgehead atoms. The number of rotatable bonds is 3. The van der Waals surface area contributed by atoms with E-state index in [0.717, 1.165) is 12.8 Å². The lowest BCUT2D eigenvalue weighted by Crippen LogP contribution is -2.24. The molecule has 4 heteroatoms. The van der Waals surface area contributed by atoms with E-state index in [0.29, 0.717) is 42.4 Å². The Labute approximate surface area is 105 Å². The average molecular weight is 245 g/mol. The minimum Gasteiger partial charge on any atom is -0.491 e. The Morgan fingerprint density at radius 1 is 1.39 bits per heavy atom. The van der Waals surface area contributed by atoms with E-state index in [1.54, 1.807) is 18.2 Å². The van der Waals surface area contributed by atoms with Gasteiger partial charge in [-0.05, 0) is 37.0 Å². The molecule has 1 aromatic rings. The van der Waals surface area contributed by atoms with E-state index in [9.17, 15) is 9.59 Å². The molecule has 1 aliphatic heterocycles. The zero-order valence-corrected chi connectivity index (χ0v) is 10.1. The first-order valence-corrected chi connectivity index (χ1v) is 6.32. The Kier molecular flexibility index (Phi) is 2.78. The minimum absolute atomic E-state index is 0.123. The molecular weight excluding hydrogens is 230 g/mol. The summed E-state index contributed by atoms with van der Waals surface area (Å²) in [5.74, 6) is 1.08. The third-order valence-electron chi connectivity index (χ3n) is 3.36. The maximum absolute atomic E-state index is 12.0. The highest BCUT2D eigenvalue weighted by Crippen LogP contribution is 2.34. The second-order valence-corrected chi connectivity index (χ2v) is 4.89. The molecule has 1 fully saturated rings. The number of ketones is 1. The normalized spacial score (nSPS) is 18.3. The quantitative estimate of drug-likeness (QED) is 0.826. The van der Waals surface area contributed by atoms with Gasteiger partial charge in [0.2, 0.25) is 0 Å². The van der Waals surface area contributed by atoms with Crippen molar-refractivity contribution in [3.8, 4) is 5.75 Å². The number of benzene rings is 1. The standard InChI is InChI=1S/C14H15NO3/c16-12(7-9-1-2-9)10-3-4-13-11(8-10)14(17)15-5-6-18-13/h3-4,8-9H,1-2,5-7H2,(H,15,17). The second-order valence-electron chi connectivity index (χ2n) is 4.89. The molecule has 94 valence electrons. The molecule has 1 aliphatic carbocycles. The molecule has 0 unspecified atom stereocenters. The summed E-state index contributed by atoms with van der Waals surface area (Å²) in [4.78, 5) is 23.8. The fourth-order valence-electron chi connectivity index (χ4n) is 2.13. The Morgan fingerprint density at radius 2 is 2.22 bits per heavy atom. The number of amides is 1. The molecule has 1 aromatic carbocycles. The largest absolute Gasteiger partial charge is 0.491 e. The van der Waals surface area contributed by atoms with Gasteiger partial charge in [0.25, 0.3) is 5.91 Å². The third-order valence-corrected chi connectivity index (χ3v) is 3.36. The van der Waals surface area contributed by atoms with Crippen LogP contribution in [0.15, 0.2) is 18.2 Å². The van der Waals surface area contributed by atoms with E-state index < -0.39 is 0 Å². The zero-order valence-electron chi connectivity index (χ0n) is 10.1. The summed E-state index contributed by atoms with van der Waals surface area (Å²) in [6.07, 6.45) is 2.90. The molecule has 1 N–H and O–H groups in total. The molecule has 0 radical (unpaired) electrons. The molecule has 4 nitrogen and oxygen atoms in total. The van der Waals surface area contributed by atoms with Crippen molar-refractivity contribution in [3.63, 3.8) is 0 Å². The van der Waals surface area contributed by atoms with Crippen LogP contribution in [0.1, 0.15) is 40.0 Å². The summed E-state index contributed by atoms with van der Waals surface area (Å²) in [5, 5.41) is 2.74. The first kappa shape index (κ1) is 11.3. The van der Waals surface area contributed by atoms with Gasteiger partial charge in [-0.3, -0.25) is 9.59 Å². The molecular formula is C14H15NO3. The highest BCUT2D eigenvalue weighted by Gasteiger charge is 2.26. The van der Waals surface area contributed by atoms with Gasteiger partial charge in [-0.2, -0.15) is 0 Å². The summed E-state index contributed by atoms with van der Waals surface area (Å²) >= 11 is 0. The molecule has 0 spiro atoms. The fourth-order valence-corrected chi connectivity index (χ4v) is 2.13.